The molecule has 0 saturated carbocycles. The smallest absolute Gasteiger partial charge is 0.267 e. The summed E-state index contributed by atoms with van der Waals surface area (Å²) in [7, 11) is -2.20. The van der Waals surface area contributed by atoms with Crippen LogP contribution < -0.4 is 5.01 Å². The molecule has 3 aromatic carbocycles. The molecule has 0 unspecified atom stereocenters. The van der Waals surface area contributed by atoms with Gasteiger partial charge in [0.05, 0.1) is 21.3 Å². The third kappa shape index (κ3) is 5.58. The van der Waals surface area contributed by atoms with E-state index in [2.05, 4.69) is 10.1 Å². The van der Waals surface area contributed by atoms with Gasteiger partial charge in [0.15, 0.2) is 0 Å². The summed E-state index contributed by atoms with van der Waals surface area (Å²) in [5, 5.41) is 8.10. The van der Waals surface area contributed by atoms with Gasteiger partial charge in [-0.2, -0.15) is 14.4 Å². The Morgan fingerprint density at radius 1 is 1.00 bits per heavy atom. The average Bonchev–Trinajstić information content (AvgIpc) is 3.59. The van der Waals surface area contributed by atoms with Crippen molar-refractivity contribution < 1.29 is 13.2 Å². The zero-order chi connectivity index (χ0) is 26.7. The number of hydrogen-bond donors (Lipinski definition) is 0. The number of carbonyl (C=O) groups excluding carboxylic acids is 1. The molecule has 1 amide bonds. The van der Waals surface area contributed by atoms with Gasteiger partial charge < -0.3 is 0 Å². The van der Waals surface area contributed by atoms with Crippen molar-refractivity contribution in [3.8, 4) is 0 Å². The molecule has 0 radical (unpaired) electrons. The number of amides is 1. The number of hydrazone groups is 1. The normalized spacial score (nSPS) is 12.0. The molecule has 0 aliphatic rings. The van der Waals surface area contributed by atoms with E-state index in [1.54, 1.807) is 6.21 Å². The second-order valence-corrected chi connectivity index (χ2v) is 12.6. The fraction of sp³-hybridized carbons (Fsp3) is 0.107. The van der Waals surface area contributed by atoms with E-state index < -0.39 is 15.9 Å². The van der Waals surface area contributed by atoms with Crippen LogP contribution in [0.2, 0.25) is 0 Å². The second kappa shape index (κ2) is 11.0. The molecule has 7 nitrogen and oxygen atoms in total. The Bertz CT molecular complexity index is 1700. The number of aryl methyl sites for hydroxylation is 1. The Kier molecular flexibility index (Phi) is 7.48. The Labute approximate surface area is 229 Å². The van der Waals surface area contributed by atoms with E-state index >= 15 is 0 Å². The van der Waals surface area contributed by atoms with Crippen LogP contribution in [-0.2, 0) is 16.6 Å². The maximum Gasteiger partial charge on any atom is 0.280 e. The van der Waals surface area contributed by atoms with Crippen LogP contribution in [0.5, 0.6) is 0 Å². The molecule has 192 valence electrons. The van der Waals surface area contributed by atoms with Crippen LogP contribution in [-0.4, -0.2) is 36.9 Å². The van der Waals surface area contributed by atoms with E-state index in [9.17, 15) is 13.2 Å². The topological polar surface area (TPSA) is 82.9 Å². The van der Waals surface area contributed by atoms with Crippen LogP contribution in [0.4, 0.5) is 5.13 Å². The molecule has 0 N–H and O–H groups in total. The van der Waals surface area contributed by atoms with Crippen molar-refractivity contribution in [2.75, 3.05) is 12.1 Å². The van der Waals surface area contributed by atoms with E-state index in [1.165, 1.54) is 63.3 Å². The fourth-order valence-electron chi connectivity index (χ4n) is 3.78. The molecule has 0 bridgehead atoms. The largest absolute Gasteiger partial charge is 0.280 e. The fourth-order valence-corrected chi connectivity index (χ4v) is 6.53. The van der Waals surface area contributed by atoms with Gasteiger partial charge in [-0.1, -0.05) is 53.8 Å². The molecular weight excluding hydrogens is 537 g/mol. The van der Waals surface area contributed by atoms with Gasteiger partial charge in [0.25, 0.3) is 5.91 Å². The lowest BCUT2D eigenvalue weighted by atomic mass is 10.2. The van der Waals surface area contributed by atoms with E-state index in [4.69, 9.17) is 0 Å². The highest BCUT2D eigenvalue weighted by atomic mass is 32.2. The van der Waals surface area contributed by atoms with E-state index in [-0.39, 0.29) is 11.4 Å². The van der Waals surface area contributed by atoms with Crippen LogP contribution in [0.3, 0.4) is 0 Å². The van der Waals surface area contributed by atoms with Crippen molar-refractivity contribution in [2.24, 2.45) is 5.10 Å². The molecule has 10 heteroatoms. The van der Waals surface area contributed by atoms with Gasteiger partial charge >= 0.3 is 0 Å². The molecule has 2 aromatic heterocycles. The Morgan fingerprint density at radius 3 is 2.47 bits per heavy atom. The summed E-state index contributed by atoms with van der Waals surface area (Å²) < 4.78 is 28.5. The van der Waals surface area contributed by atoms with Crippen LogP contribution in [0.15, 0.2) is 100 Å². The zero-order valence-electron chi connectivity index (χ0n) is 20.7. The van der Waals surface area contributed by atoms with Gasteiger partial charge in [-0.05, 0) is 65.9 Å². The monoisotopic (exact) mass is 560 g/mol. The number of fused-ring (bicyclic) bond motifs is 1. The van der Waals surface area contributed by atoms with Crippen molar-refractivity contribution in [3.63, 3.8) is 0 Å². The van der Waals surface area contributed by atoms with Crippen molar-refractivity contribution in [3.05, 3.63) is 112 Å². The lowest BCUT2D eigenvalue weighted by Crippen LogP contribution is -2.27. The molecule has 5 rings (SSSR count). The van der Waals surface area contributed by atoms with E-state index in [0.717, 1.165) is 26.2 Å². The molecule has 0 saturated heterocycles. The first kappa shape index (κ1) is 25.9. The third-order valence-corrected chi connectivity index (χ3v) is 9.43. The molecule has 0 aliphatic carbocycles. The van der Waals surface area contributed by atoms with Gasteiger partial charge in [-0.15, -0.1) is 11.3 Å². The zero-order valence-corrected chi connectivity index (χ0v) is 23.1. The lowest BCUT2D eigenvalue weighted by Gasteiger charge is -2.18. The number of rotatable bonds is 8. The Morgan fingerprint density at radius 2 is 1.76 bits per heavy atom. The maximum absolute atomic E-state index is 13.6. The second-order valence-electron chi connectivity index (χ2n) is 8.62. The number of thiazole rings is 1. The number of thiophene rings is 1. The van der Waals surface area contributed by atoms with Crippen LogP contribution in [0.1, 0.15) is 26.4 Å². The molecular formula is C28H24N4O3S3. The molecule has 0 atom stereocenters. The summed E-state index contributed by atoms with van der Waals surface area (Å²) in [4.78, 5) is 19.2. The first-order valence-electron chi connectivity index (χ1n) is 11.7. The number of carbonyl (C=O) groups is 1. The van der Waals surface area contributed by atoms with Gasteiger partial charge in [0.1, 0.15) is 0 Å². The van der Waals surface area contributed by atoms with Gasteiger partial charge in [0.2, 0.25) is 15.2 Å². The summed E-state index contributed by atoms with van der Waals surface area (Å²) in [5.41, 5.74) is 3.06. The standard InChI is InChI=1S/C28H24N4O3S3/c1-20-10-15-25-26(17-20)37-28(30-25)32(29-18-23-9-6-16-36-23)27(33)22-11-13-24(14-12-22)38(34,35)31(2)19-21-7-4-3-5-8-21/h3-18H,19H2,1-2H3/b29-18+. The van der Waals surface area contributed by atoms with E-state index in [0.29, 0.717) is 10.7 Å². The summed E-state index contributed by atoms with van der Waals surface area (Å²) in [6.45, 7) is 2.25. The minimum atomic E-state index is -3.74. The highest BCUT2D eigenvalue weighted by molar-refractivity contribution is 7.89. The van der Waals surface area contributed by atoms with Gasteiger partial charge in [-0.3, -0.25) is 4.79 Å². The van der Waals surface area contributed by atoms with Crippen LogP contribution in [0, 0.1) is 6.92 Å². The maximum atomic E-state index is 13.6. The number of aromatic nitrogens is 1. The van der Waals surface area contributed by atoms with Crippen LogP contribution >= 0.6 is 22.7 Å². The number of sulfonamides is 1. The SMILES string of the molecule is Cc1ccc2nc(N(/N=C/c3cccs3)C(=O)c3ccc(S(=O)(=O)N(C)Cc4ccccc4)cc3)sc2c1. The highest BCUT2D eigenvalue weighted by Crippen LogP contribution is 2.31. The molecule has 0 aliphatic heterocycles. The number of anilines is 1. The molecule has 5 aromatic rings. The quantitative estimate of drug-likeness (QED) is 0.168. The Hall–Kier alpha value is -3.70. The van der Waals surface area contributed by atoms with Gasteiger partial charge in [0, 0.05) is 24.0 Å². The molecule has 0 spiro atoms. The minimum absolute atomic E-state index is 0.108. The first-order valence-corrected chi connectivity index (χ1v) is 14.8. The van der Waals surface area contributed by atoms with Crippen molar-refractivity contribution in [1.29, 1.82) is 0 Å². The van der Waals surface area contributed by atoms with Crippen LogP contribution in [0.25, 0.3) is 10.2 Å². The van der Waals surface area contributed by atoms with Crippen molar-refractivity contribution in [1.82, 2.24) is 9.29 Å². The predicted molar refractivity (Wildman–Crippen MR) is 155 cm³/mol. The van der Waals surface area contributed by atoms with Crippen molar-refractivity contribution in [2.45, 2.75) is 18.4 Å². The minimum Gasteiger partial charge on any atom is -0.267 e. The number of benzene rings is 3. The molecule has 2 heterocycles. The Balaban J connectivity index is 1.43. The molecule has 38 heavy (non-hydrogen) atoms. The summed E-state index contributed by atoms with van der Waals surface area (Å²) in [5.74, 6) is -0.407. The number of nitrogens with zero attached hydrogens (tertiary/aromatic N) is 4. The predicted octanol–water partition coefficient (Wildman–Crippen LogP) is 6.17. The highest BCUT2D eigenvalue weighted by Gasteiger charge is 2.24. The number of hydrogen-bond acceptors (Lipinski definition) is 7. The summed E-state index contributed by atoms with van der Waals surface area (Å²) in [6.07, 6.45) is 1.62. The van der Waals surface area contributed by atoms with Gasteiger partial charge in [-0.25, -0.2) is 13.4 Å². The average molecular weight is 561 g/mol. The molecule has 0 fully saturated rings. The van der Waals surface area contributed by atoms with E-state index in [1.807, 2.05) is 73.0 Å². The summed E-state index contributed by atoms with van der Waals surface area (Å²) in [6, 6.07) is 25.0. The third-order valence-electron chi connectivity index (χ3n) is 5.81. The van der Waals surface area contributed by atoms with Crippen molar-refractivity contribution >= 4 is 60.2 Å². The first-order chi connectivity index (χ1) is 18.3. The summed E-state index contributed by atoms with van der Waals surface area (Å²) >= 11 is 2.88. The lowest BCUT2D eigenvalue weighted by molar-refractivity contribution is 0.0987.